The molecule has 18 heavy (non-hydrogen) atoms. The van der Waals surface area contributed by atoms with Crippen LogP contribution in [0, 0.1) is 11.6 Å². The number of methoxy groups -OCH3 is 1. The number of hydrazine groups is 1. The van der Waals surface area contributed by atoms with E-state index in [1.165, 1.54) is 18.2 Å². The van der Waals surface area contributed by atoms with E-state index in [1.54, 1.807) is 7.11 Å². The SMILES string of the molecule is COCCOCC(Cc1c(F)cccc1F)NN. The molecular weight excluding hydrogens is 242 g/mol. The molecule has 1 atom stereocenters. The van der Waals surface area contributed by atoms with E-state index < -0.39 is 11.6 Å². The van der Waals surface area contributed by atoms with E-state index in [4.69, 9.17) is 15.3 Å². The summed E-state index contributed by atoms with van der Waals surface area (Å²) in [5, 5.41) is 0. The van der Waals surface area contributed by atoms with Crippen LogP contribution in [0.2, 0.25) is 0 Å². The molecule has 1 aromatic rings. The first-order valence-electron chi connectivity index (χ1n) is 5.64. The molecule has 3 N–H and O–H groups in total. The van der Waals surface area contributed by atoms with E-state index in [0.29, 0.717) is 13.2 Å². The average Bonchev–Trinajstić information content (AvgIpc) is 2.36. The van der Waals surface area contributed by atoms with E-state index >= 15 is 0 Å². The first kappa shape index (κ1) is 15.0. The zero-order valence-corrected chi connectivity index (χ0v) is 10.3. The van der Waals surface area contributed by atoms with Crippen molar-refractivity contribution in [2.75, 3.05) is 26.9 Å². The molecule has 0 saturated carbocycles. The lowest BCUT2D eigenvalue weighted by Gasteiger charge is -2.16. The molecule has 4 nitrogen and oxygen atoms in total. The van der Waals surface area contributed by atoms with E-state index in [1.807, 2.05) is 0 Å². The lowest BCUT2D eigenvalue weighted by atomic mass is 10.1. The van der Waals surface area contributed by atoms with Crippen molar-refractivity contribution >= 4 is 0 Å². The Hall–Kier alpha value is -1.08. The van der Waals surface area contributed by atoms with Crippen LogP contribution in [0.25, 0.3) is 0 Å². The smallest absolute Gasteiger partial charge is 0.129 e. The molecule has 0 aromatic heterocycles. The number of nitrogens with two attached hydrogens (primary N) is 1. The van der Waals surface area contributed by atoms with Gasteiger partial charge in [-0.05, 0) is 18.6 Å². The maximum Gasteiger partial charge on any atom is 0.129 e. The molecule has 0 aliphatic rings. The Morgan fingerprint density at radius 2 is 1.94 bits per heavy atom. The maximum atomic E-state index is 13.4. The topological polar surface area (TPSA) is 56.5 Å². The number of nitrogens with one attached hydrogen (secondary N) is 1. The Morgan fingerprint density at radius 3 is 2.50 bits per heavy atom. The first-order valence-corrected chi connectivity index (χ1v) is 5.64. The maximum absolute atomic E-state index is 13.4. The minimum atomic E-state index is -0.577. The van der Waals surface area contributed by atoms with Gasteiger partial charge < -0.3 is 9.47 Å². The second kappa shape index (κ2) is 8.10. The highest BCUT2D eigenvalue weighted by molar-refractivity contribution is 5.20. The van der Waals surface area contributed by atoms with Crippen molar-refractivity contribution in [1.29, 1.82) is 0 Å². The van der Waals surface area contributed by atoms with E-state index in [-0.39, 0.29) is 24.6 Å². The quantitative estimate of drug-likeness (QED) is 0.416. The van der Waals surface area contributed by atoms with Crippen LogP contribution in [0.1, 0.15) is 5.56 Å². The van der Waals surface area contributed by atoms with E-state index in [2.05, 4.69) is 5.43 Å². The Balaban J connectivity index is 2.52. The molecule has 0 heterocycles. The number of hydrogen-bond acceptors (Lipinski definition) is 4. The standard InChI is InChI=1S/C12H18F2N2O2/c1-17-5-6-18-8-9(16-15)7-10-11(13)3-2-4-12(10)14/h2-4,9,16H,5-8,15H2,1H3. The lowest BCUT2D eigenvalue weighted by molar-refractivity contribution is 0.0585. The average molecular weight is 260 g/mol. The van der Waals surface area contributed by atoms with Gasteiger partial charge in [0.25, 0.3) is 0 Å². The van der Waals surface area contributed by atoms with Crippen molar-refractivity contribution in [3.8, 4) is 0 Å². The van der Waals surface area contributed by atoms with Gasteiger partial charge in [0.15, 0.2) is 0 Å². The van der Waals surface area contributed by atoms with Gasteiger partial charge in [0.05, 0.1) is 19.8 Å². The third-order valence-electron chi connectivity index (χ3n) is 2.50. The molecule has 1 rings (SSSR count). The molecule has 0 amide bonds. The Morgan fingerprint density at radius 1 is 1.28 bits per heavy atom. The van der Waals surface area contributed by atoms with Gasteiger partial charge in [0, 0.05) is 18.7 Å². The highest BCUT2D eigenvalue weighted by Crippen LogP contribution is 2.14. The van der Waals surface area contributed by atoms with Gasteiger partial charge >= 0.3 is 0 Å². The molecule has 0 aliphatic heterocycles. The molecule has 0 saturated heterocycles. The fourth-order valence-electron chi connectivity index (χ4n) is 1.51. The van der Waals surface area contributed by atoms with Crippen LogP contribution >= 0.6 is 0 Å². The van der Waals surface area contributed by atoms with Gasteiger partial charge in [-0.1, -0.05) is 6.07 Å². The van der Waals surface area contributed by atoms with Crippen molar-refractivity contribution in [2.45, 2.75) is 12.5 Å². The molecule has 1 aromatic carbocycles. The Kier molecular flexibility index (Phi) is 6.74. The summed E-state index contributed by atoms with van der Waals surface area (Å²) in [6.07, 6.45) is 0.127. The van der Waals surface area contributed by atoms with Crippen LogP contribution < -0.4 is 11.3 Å². The second-order valence-corrected chi connectivity index (χ2v) is 3.84. The predicted molar refractivity (Wildman–Crippen MR) is 63.9 cm³/mol. The summed E-state index contributed by atoms with van der Waals surface area (Å²) in [6, 6.07) is 3.41. The van der Waals surface area contributed by atoms with Crippen molar-refractivity contribution in [2.24, 2.45) is 5.84 Å². The number of hydrogen-bond donors (Lipinski definition) is 2. The fraction of sp³-hybridized carbons (Fsp3) is 0.500. The minimum absolute atomic E-state index is 0.00999. The molecule has 102 valence electrons. The molecule has 6 heteroatoms. The minimum Gasteiger partial charge on any atom is -0.382 e. The van der Waals surface area contributed by atoms with Crippen molar-refractivity contribution in [1.82, 2.24) is 5.43 Å². The molecule has 0 spiro atoms. The Labute approximate surface area is 105 Å². The van der Waals surface area contributed by atoms with Gasteiger partial charge in [-0.25, -0.2) is 8.78 Å². The van der Waals surface area contributed by atoms with Gasteiger partial charge in [0.2, 0.25) is 0 Å². The van der Waals surface area contributed by atoms with Crippen LogP contribution in [-0.2, 0) is 15.9 Å². The van der Waals surface area contributed by atoms with Gasteiger partial charge in [-0.2, -0.15) is 0 Å². The number of ether oxygens (including phenoxy) is 2. The normalized spacial score (nSPS) is 12.7. The predicted octanol–water partition coefficient (Wildman–Crippen LogP) is 1.00. The van der Waals surface area contributed by atoms with Crippen LogP contribution in [0.15, 0.2) is 18.2 Å². The van der Waals surface area contributed by atoms with E-state index in [9.17, 15) is 8.78 Å². The first-order chi connectivity index (χ1) is 8.69. The summed E-state index contributed by atoms with van der Waals surface area (Å²) >= 11 is 0. The van der Waals surface area contributed by atoms with Crippen molar-refractivity contribution < 1.29 is 18.3 Å². The summed E-state index contributed by atoms with van der Waals surface area (Å²) in [7, 11) is 1.57. The van der Waals surface area contributed by atoms with Crippen molar-refractivity contribution in [3.63, 3.8) is 0 Å². The van der Waals surface area contributed by atoms with Gasteiger partial charge in [-0.3, -0.25) is 11.3 Å². The van der Waals surface area contributed by atoms with Gasteiger partial charge in [-0.15, -0.1) is 0 Å². The van der Waals surface area contributed by atoms with Crippen LogP contribution in [0.5, 0.6) is 0 Å². The highest BCUT2D eigenvalue weighted by atomic mass is 19.1. The molecule has 0 fully saturated rings. The van der Waals surface area contributed by atoms with Crippen LogP contribution in [-0.4, -0.2) is 33.0 Å². The fourth-order valence-corrected chi connectivity index (χ4v) is 1.51. The third kappa shape index (κ3) is 4.66. The number of benzene rings is 1. The number of halogens is 2. The third-order valence-corrected chi connectivity index (χ3v) is 2.50. The second-order valence-electron chi connectivity index (χ2n) is 3.84. The summed E-state index contributed by atoms with van der Waals surface area (Å²) in [5.74, 6) is 4.18. The summed E-state index contributed by atoms with van der Waals surface area (Å²) in [5.41, 5.74) is 2.49. The zero-order valence-electron chi connectivity index (χ0n) is 10.3. The summed E-state index contributed by atoms with van der Waals surface area (Å²) in [4.78, 5) is 0. The molecular formula is C12H18F2N2O2. The molecule has 0 aliphatic carbocycles. The van der Waals surface area contributed by atoms with Crippen molar-refractivity contribution in [3.05, 3.63) is 35.4 Å². The number of rotatable bonds is 8. The summed E-state index contributed by atoms with van der Waals surface area (Å²) in [6.45, 7) is 1.13. The molecule has 1 unspecified atom stereocenters. The lowest BCUT2D eigenvalue weighted by Crippen LogP contribution is -2.41. The van der Waals surface area contributed by atoms with Crippen LogP contribution in [0.4, 0.5) is 8.78 Å². The largest absolute Gasteiger partial charge is 0.382 e. The van der Waals surface area contributed by atoms with E-state index in [0.717, 1.165) is 0 Å². The monoisotopic (exact) mass is 260 g/mol. The molecule has 0 radical (unpaired) electrons. The Bertz CT molecular complexity index is 344. The zero-order chi connectivity index (χ0) is 13.4. The highest BCUT2D eigenvalue weighted by Gasteiger charge is 2.14. The van der Waals surface area contributed by atoms with Crippen LogP contribution in [0.3, 0.4) is 0 Å². The van der Waals surface area contributed by atoms with Gasteiger partial charge in [0.1, 0.15) is 11.6 Å². The molecule has 0 bridgehead atoms. The summed E-state index contributed by atoms with van der Waals surface area (Å²) < 4.78 is 36.9.